The highest BCUT2D eigenvalue weighted by molar-refractivity contribution is 5.94. The number of aliphatic carboxylic acids is 1. The van der Waals surface area contributed by atoms with Gasteiger partial charge in [0.15, 0.2) is 5.96 Å². The number of phenols is 1. The molecule has 0 heterocycles. The van der Waals surface area contributed by atoms with Crippen LogP contribution in [0.2, 0.25) is 0 Å². The second-order valence-corrected chi connectivity index (χ2v) is 9.74. The summed E-state index contributed by atoms with van der Waals surface area (Å²) in [6, 6.07) is 1.19. The highest BCUT2D eigenvalue weighted by Gasteiger charge is 2.30. The molecule has 0 saturated heterocycles. The summed E-state index contributed by atoms with van der Waals surface area (Å²) >= 11 is 0. The number of nitrogens with one attached hydrogen (secondary N) is 3. The van der Waals surface area contributed by atoms with Crippen LogP contribution in [0.25, 0.3) is 0 Å². The fourth-order valence-corrected chi connectivity index (χ4v) is 3.86. The summed E-state index contributed by atoms with van der Waals surface area (Å²) in [7, 11) is 0. The molecular weight excluding hydrogens is 550 g/mol. The maximum Gasteiger partial charge on any atom is 0.326 e. The maximum atomic E-state index is 13.5. The molecule has 1 rings (SSSR count). The lowest BCUT2D eigenvalue weighted by Gasteiger charge is -2.25. The van der Waals surface area contributed by atoms with Crippen LogP contribution in [-0.2, 0) is 30.4 Å². The number of phenolic OH excluding ortho intramolecular Hbond substituents is 1. The van der Waals surface area contributed by atoms with E-state index in [0.717, 1.165) is 0 Å². The Bertz CT molecular complexity index is 1080. The molecule has 16 heteroatoms. The minimum atomic E-state index is -1.44. The van der Waals surface area contributed by atoms with Crippen molar-refractivity contribution in [3.8, 4) is 5.75 Å². The number of aliphatic imine (C=N–C) groups is 1. The van der Waals surface area contributed by atoms with Crippen molar-refractivity contribution in [1.82, 2.24) is 16.0 Å². The number of amides is 4. The molecule has 4 atom stereocenters. The third-order valence-electron chi connectivity index (χ3n) is 6.19. The Kier molecular flexibility index (Phi) is 15.9. The van der Waals surface area contributed by atoms with Crippen LogP contribution in [0.15, 0.2) is 29.3 Å². The van der Waals surface area contributed by atoms with Crippen molar-refractivity contribution < 1.29 is 34.2 Å². The number of nitrogens with zero attached hydrogens (tertiary/aromatic N) is 1. The van der Waals surface area contributed by atoms with Crippen LogP contribution in [0.5, 0.6) is 5.75 Å². The van der Waals surface area contributed by atoms with E-state index < -0.39 is 53.8 Å². The fourth-order valence-electron chi connectivity index (χ4n) is 3.86. The van der Waals surface area contributed by atoms with Gasteiger partial charge in [-0.3, -0.25) is 24.2 Å². The number of carbonyl (C=O) groups excluding carboxylic acids is 4. The van der Waals surface area contributed by atoms with E-state index in [4.69, 9.17) is 28.7 Å². The number of carboxylic acid groups (broad SMARTS) is 1. The number of primary amides is 1. The average molecular weight is 594 g/mol. The second-order valence-electron chi connectivity index (χ2n) is 9.74. The largest absolute Gasteiger partial charge is 0.508 e. The standard InChI is InChI=1S/C26H43N9O7/c27-12-2-1-4-17(28)22(38)35-20(14-15-6-8-16(36)9-7-15)24(40)33-18(5-3-13-32-26(30)31)23(39)34-19(25(41)42)10-11-21(29)37/h6-9,17-20,36H,1-5,10-14,27-28H2,(H2,29,37)(H,33,40)(H,34,39)(H,35,38)(H,41,42)(H4,30,31,32). The van der Waals surface area contributed by atoms with Crippen molar-refractivity contribution in [2.75, 3.05) is 13.1 Å². The summed E-state index contributed by atoms with van der Waals surface area (Å²) in [4.78, 5) is 66.1. The Labute approximate surface area is 243 Å². The minimum absolute atomic E-state index is 0.00698. The molecule has 0 aliphatic carbocycles. The van der Waals surface area contributed by atoms with E-state index in [2.05, 4.69) is 20.9 Å². The van der Waals surface area contributed by atoms with Gasteiger partial charge < -0.3 is 54.8 Å². The SMILES string of the molecule is NCCCCC(N)C(=O)NC(Cc1ccc(O)cc1)C(=O)NC(CCCN=C(N)N)C(=O)NC(CCC(N)=O)C(=O)O. The molecule has 0 aromatic heterocycles. The Morgan fingerprint density at radius 1 is 0.786 bits per heavy atom. The summed E-state index contributed by atoms with van der Waals surface area (Å²) in [6.45, 7) is 0.565. The Hall–Kier alpha value is -4.44. The highest BCUT2D eigenvalue weighted by atomic mass is 16.4. The van der Waals surface area contributed by atoms with Gasteiger partial charge in [0, 0.05) is 19.4 Å². The molecule has 0 spiro atoms. The van der Waals surface area contributed by atoms with Gasteiger partial charge in [-0.25, -0.2) is 4.79 Å². The van der Waals surface area contributed by atoms with Crippen molar-refractivity contribution in [1.29, 1.82) is 0 Å². The summed E-state index contributed by atoms with van der Waals surface area (Å²) in [5, 5.41) is 26.6. The number of hydrogen-bond acceptors (Lipinski definition) is 9. The molecule has 1 aromatic rings. The number of rotatable bonds is 20. The molecule has 0 aliphatic heterocycles. The molecule has 1 aromatic carbocycles. The first kappa shape index (κ1) is 35.6. The highest BCUT2D eigenvalue weighted by Crippen LogP contribution is 2.12. The molecule has 234 valence electrons. The predicted molar refractivity (Wildman–Crippen MR) is 154 cm³/mol. The number of hydrogen-bond donors (Lipinski definition) is 10. The number of benzene rings is 1. The van der Waals surface area contributed by atoms with E-state index in [1.807, 2.05) is 0 Å². The first-order chi connectivity index (χ1) is 19.8. The Balaban J connectivity index is 3.17. The number of nitrogens with two attached hydrogens (primary N) is 5. The lowest BCUT2D eigenvalue weighted by atomic mass is 10.0. The lowest BCUT2D eigenvalue weighted by Crippen LogP contribution is -2.57. The predicted octanol–water partition coefficient (Wildman–Crippen LogP) is -2.75. The number of carboxylic acids is 1. The third-order valence-corrected chi connectivity index (χ3v) is 6.19. The number of carbonyl (C=O) groups is 5. The van der Waals surface area contributed by atoms with E-state index in [9.17, 15) is 34.2 Å². The van der Waals surface area contributed by atoms with E-state index >= 15 is 0 Å². The molecule has 0 radical (unpaired) electrons. The third kappa shape index (κ3) is 14.3. The first-order valence-electron chi connectivity index (χ1n) is 13.5. The van der Waals surface area contributed by atoms with Gasteiger partial charge in [0.25, 0.3) is 0 Å². The van der Waals surface area contributed by atoms with Gasteiger partial charge in [0.2, 0.25) is 23.6 Å². The van der Waals surface area contributed by atoms with Crippen molar-refractivity contribution in [3.63, 3.8) is 0 Å². The van der Waals surface area contributed by atoms with Crippen LogP contribution in [-0.4, -0.2) is 83.0 Å². The van der Waals surface area contributed by atoms with Gasteiger partial charge in [-0.2, -0.15) is 0 Å². The monoisotopic (exact) mass is 593 g/mol. The molecule has 16 nitrogen and oxygen atoms in total. The zero-order valence-corrected chi connectivity index (χ0v) is 23.5. The molecule has 15 N–H and O–H groups in total. The fraction of sp³-hybridized carbons (Fsp3) is 0.538. The van der Waals surface area contributed by atoms with E-state index in [1.165, 1.54) is 12.1 Å². The van der Waals surface area contributed by atoms with Gasteiger partial charge in [0.1, 0.15) is 23.9 Å². The Morgan fingerprint density at radius 2 is 1.38 bits per heavy atom. The van der Waals surface area contributed by atoms with Gasteiger partial charge in [-0.05, 0) is 56.3 Å². The summed E-state index contributed by atoms with van der Waals surface area (Å²) < 4.78 is 0. The quantitative estimate of drug-likeness (QED) is 0.0419. The van der Waals surface area contributed by atoms with Crippen LogP contribution in [0, 0.1) is 0 Å². The smallest absolute Gasteiger partial charge is 0.326 e. The van der Waals surface area contributed by atoms with E-state index in [-0.39, 0.29) is 50.4 Å². The summed E-state index contributed by atoms with van der Waals surface area (Å²) in [5.74, 6) is -4.46. The molecule has 0 aliphatic rings. The number of guanidine groups is 1. The molecule has 4 amide bonds. The molecule has 4 unspecified atom stereocenters. The summed E-state index contributed by atoms with van der Waals surface area (Å²) in [6.07, 6.45) is 1.31. The average Bonchev–Trinajstić information content (AvgIpc) is 2.92. The zero-order chi connectivity index (χ0) is 31.7. The normalized spacial score (nSPS) is 13.6. The van der Waals surface area contributed by atoms with Crippen LogP contribution < -0.4 is 44.6 Å². The lowest BCUT2D eigenvalue weighted by molar-refractivity contribution is -0.142. The van der Waals surface area contributed by atoms with E-state index in [0.29, 0.717) is 31.4 Å². The first-order valence-corrected chi connectivity index (χ1v) is 13.5. The van der Waals surface area contributed by atoms with Gasteiger partial charge >= 0.3 is 5.97 Å². The molecule has 0 fully saturated rings. The van der Waals surface area contributed by atoms with Crippen molar-refractivity contribution in [2.45, 2.75) is 75.5 Å². The number of aromatic hydroxyl groups is 1. The van der Waals surface area contributed by atoms with Gasteiger partial charge in [-0.1, -0.05) is 18.6 Å². The van der Waals surface area contributed by atoms with Gasteiger partial charge in [-0.15, -0.1) is 0 Å². The summed E-state index contributed by atoms with van der Waals surface area (Å²) in [5.41, 5.74) is 27.9. The number of unbranched alkanes of at least 4 members (excludes halogenated alkanes) is 1. The maximum absolute atomic E-state index is 13.5. The molecular formula is C26H43N9O7. The molecule has 0 bridgehead atoms. The van der Waals surface area contributed by atoms with Crippen molar-refractivity contribution >= 4 is 35.6 Å². The molecule has 0 saturated carbocycles. The topological polar surface area (TPSA) is 304 Å². The Morgan fingerprint density at radius 3 is 1.95 bits per heavy atom. The second kappa shape index (κ2) is 18.8. The van der Waals surface area contributed by atoms with E-state index in [1.54, 1.807) is 12.1 Å². The van der Waals surface area contributed by atoms with Crippen LogP contribution in [0.3, 0.4) is 0 Å². The van der Waals surface area contributed by atoms with Crippen LogP contribution >= 0.6 is 0 Å². The van der Waals surface area contributed by atoms with Crippen LogP contribution in [0.4, 0.5) is 0 Å². The zero-order valence-electron chi connectivity index (χ0n) is 23.5. The van der Waals surface area contributed by atoms with Crippen molar-refractivity contribution in [2.24, 2.45) is 33.7 Å². The van der Waals surface area contributed by atoms with Crippen molar-refractivity contribution in [3.05, 3.63) is 29.8 Å². The minimum Gasteiger partial charge on any atom is -0.508 e. The molecule has 42 heavy (non-hydrogen) atoms. The van der Waals surface area contributed by atoms with Gasteiger partial charge in [0.05, 0.1) is 6.04 Å². The van der Waals surface area contributed by atoms with Crippen LogP contribution in [0.1, 0.15) is 50.5 Å².